The van der Waals surface area contributed by atoms with Gasteiger partial charge in [-0.25, -0.2) is 0 Å². The smallest absolute Gasteiger partial charge is 0.0589 e. The van der Waals surface area contributed by atoms with Crippen molar-refractivity contribution >= 4 is 24.0 Å². The topological polar surface area (TPSA) is 34.6 Å². The Morgan fingerprint density at radius 2 is 1.95 bits per heavy atom. The highest BCUT2D eigenvalue weighted by Crippen LogP contribution is 2.12. The van der Waals surface area contributed by atoms with Crippen molar-refractivity contribution in [3.63, 3.8) is 0 Å². The molecule has 0 radical (unpaired) electrons. The minimum Gasteiger partial charge on any atom is -0.383 e. The first-order valence-electron chi connectivity index (χ1n) is 7.84. The molecule has 1 aliphatic heterocycles. The molecule has 0 spiro atoms. The van der Waals surface area contributed by atoms with Crippen molar-refractivity contribution in [1.29, 1.82) is 0 Å². The van der Waals surface area contributed by atoms with E-state index >= 15 is 0 Å². The van der Waals surface area contributed by atoms with Gasteiger partial charge in [-0.05, 0) is 37.9 Å². The molecule has 0 saturated carbocycles. The van der Waals surface area contributed by atoms with Gasteiger partial charge in [-0.1, -0.05) is 19.9 Å². The molecule has 0 unspecified atom stereocenters. The third-order valence-electron chi connectivity index (χ3n) is 3.36. The van der Waals surface area contributed by atoms with E-state index in [1.807, 2.05) is 0 Å². The Balaban J connectivity index is 0.000000622. The van der Waals surface area contributed by atoms with Crippen molar-refractivity contribution in [2.75, 3.05) is 40.5 Å². The van der Waals surface area contributed by atoms with Crippen molar-refractivity contribution in [3.05, 3.63) is 29.6 Å². The number of rotatable bonds is 6. The van der Waals surface area contributed by atoms with Gasteiger partial charge in [0.05, 0.1) is 12.3 Å². The number of hydrogen-bond acceptors (Lipinski definition) is 4. The summed E-state index contributed by atoms with van der Waals surface area (Å²) in [6.07, 6.45) is 2.56. The van der Waals surface area contributed by atoms with E-state index < -0.39 is 0 Å². The van der Waals surface area contributed by atoms with Gasteiger partial charge in [-0.15, -0.1) is 24.0 Å². The molecule has 1 saturated heterocycles. The lowest BCUT2D eigenvalue weighted by Crippen LogP contribution is -2.23. The number of halogens is 1. The number of nitrogens with zero attached hydrogens (tertiary/aromatic N) is 2. The molecular weight excluding hydrogens is 391 g/mol. The Morgan fingerprint density at radius 1 is 1.27 bits per heavy atom. The second-order valence-corrected chi connectivity index (χ2v) is 5.76. The molecule has 5 heteroatoms. The van der Waals surface area contributed by atoms with E-state index in [-0.39, 0.29) is 24.0 Å². The summed E-state index contributed by atoms with van der Waals surface area (Å²) in [4.78, 5) is 6.86. The average Bonchev–Trinajstić information content (AvgIpc) is 3.05. The maximum absolute atomic E-state index is 5.05. The number of ether oxygens (including phenoxy) is 2. The summed E-state index contributed by atoms with van der Waals surface area (Å²) < 4.78 is 9.99. The third-order valence-corrected chi connectivity index (χ3v) is 3.36. The van der Waals surface area contributed by atoms with Crippen LogP contribution in [-0.2, 0) is 16.0 Å². The Bertz CT molecular complexity index is 377. The fourth-order valence-electron chi connectivity index (χ4n) is 2.02. The fourth-order valence-corrected chi connectivity index (χ4v) is 2.02. The van der Waals surface area contributed by atoms with Gasteiger partial charge in [-0.2, -0.15) is 0 Å². The SMILES string of the molecule is C1CCOC1.COCCN(C)Cc1cccc(C(C)C)n1.I. The molecular formula is C17H31IN2O2. The number of aromatic nitrogens is 1. The zero-order chi connectivity index (χ0) is 15.5. The molecule has 0 aliphatic carbocycles. The minimum absolute atomic E-state index is 0. The van der Waals surface area contributed by atoms with Crippen LogP contribution in [0.4, 0.5) is 0 Å². The largest absolute Gasteiger partial charge is 0.383 e. The van der Waals surface area contributed by atoms with E-state index in [1.165, 1.54) is 12.8 Å². The Labute approximate surface area is 152 Å². The summed E-state index contributed by atoms with van der Waals surface area (Å²) in [5.41, 5.74) is 2.29. The van der Waals surface area contributed by atoms with E-state index in [0.29, 0.717) is 5.92 Å². The lowest BCUT2D eigenvalue weighted by Gasteiger charge is -2.16. The zero-order valence-electron chi connectivity index (χ0n) is 14.4. The predicted octanol–water partition coefficient (Wildman–Crippen LogP) is 3.70. The quantitative estimate of drug-likeness (QED) is 0.655. The lowest BCUT2D eigenvalue weighted by atomic mass is 10.1. The first kappa shape index (κ1) is 21.8. The maximum Gasteiger partial charge on any atom is 0.0589 e. The molecule has 22 heavy (non-hydrogen) atoms. The molecule has 0 bridgehead atoms. The third kappa shape index (κ3) is 9.71. The van der Waals surface area contributed by atoms with Crippen LogP contribution in [0.3, 0.4) is 0 Å². The van der Waals surface area contributed by atoms with E-state index in [9.17, 15) is 0 Å². The van der Waals surface area contributed by atoms with Gasteiger partial charge in [0.15, 0.2) is 0 Å². The highest BCUT2D eigenvalue weighted by molar-refractivity contribution is 14.0. The van der Waals surface area contributed by atoms with Gasteiger partial charge in [0.1, 0.15) is 0 Å². The van der Waals surface area contributed by atoms with Crippen LogP contribution >= 0.6 is 24.0 Å². The van der Waals surface area contributed by atoms with E-state index in [1.54, 1.807) is 7.11 Å². The average molecular weight is 422 g/mol. The highest BCUT2D eigenvalue weighted by atomic mass is 127. The lowest BCUT2D eigenvalue weighted by molar-refractivity contribution is 0.158. The summed E-state index contributed by atoms with van der Waals surface area (Å²) >= 11 is 0. The normalized spacial score (nSPS) is 13.7. The molecule has 2 heterocycles. The second kappa shape index (κ2) is 13.2. The zero-order valence-corrected chi connectivity index (χ0v) is 16.7. The number of methoxy groups -OCH3 is 1. The molecule has 128 valence electrons. The van der Waals surface area contributed by atoms with Gasteiger partial charge in [0, 0.05) is 39.1 Å². The van der Waals surface area contributed by atoms with E-state index in [0.717, 1.165) is 44.3 Å². The second-order valence-electron chi connectivity index (χ2n) is 5.76. The Kier molecular flexibility index (Phi) is 13.1. The first-order valence-corrected chi connectivity index (χ1v) is 7.84. The molecule has 4 nitrogen and oxygen atoms in total. The van der Waals surface area contributed by atoms with E-state index in [4.69, 9.17) is 9.47 Å². The summed E-state index contributed by atoms with van der Waals surface area (Å²) in [7, 11) is 3.81. The molecule has 0 aromatic carbocycles. The van der Waals surface area contributed by atoms with Gasteiger partial charge >= 0.3 is 0 Å². The standard InChI is InChI=1S/C13H22N2O.C4H8O.HI/c1-11(2)13-7-5-6-12(14-13)10-15(3)8-9-16-4;1-2-4-5-3-1;/h5-7,11H,8-10H2,1-4H3;1-4H2;1H. The maximum atomic E-state index is 5.05. The van der Waals surface area contributed by atoms with Crippen LogP contribution in [0.25, 0.3) is 0 Å². The Hall–Kier alpha value is -0.240. The van der Waals surface area contributed by atoms with Crippen molar-refractivity contribution in [1.82, 2.24) is 9.88 Å². The molecule has 1 fully saturated rings. The number of likely N-dealkylation sites (N-methyl/N-ethyl adjacent to an activating group) is 1. The molecule has 1 aromatic heterocycles. The summed E-state index contributed by atoms with van der Waals surface area (Å²) in [5, 5.41) is 0. The van der Waals surface area contributed by atoms with Crippen LogP contribution in [0.1, 0.15) is 44.0 Å². The van der Waals surface area contributed by atoms with Gasteiger partial charge < -0.3 is 9.47 Å². The fraction of sp³-hybridized carbons (Fsp3) is 0.706. The summed E-state index contributed by atoms with van der Waals surface area (Å²) in [6, 6.07) is 6.25. The van der Waals surface area contributed by atoms with Crippen LogP contribution < -0.4 is 0 Å². The highest BCUT2D eigenvalue weighted by Gasteiger charge is 2.04. The molecule has 0 amide bonds. The number of pyridine rings is 1. The monoisotopic (exact) mass is 422 g/mol. The molecule has 0 atom stereocenters. The van der Waals surface area contributed by atoms with Gasteiger partial charge in [0.2, 0.25) is 0 Å². The van der Waals surface area contributed by atoms with Crippen LogP contribution in [0.5, 0.6) is 0 Å². The predicted molar refractivity (Wildman–Crippen MR) is 102 cm³/mol. The van der Waals surface area contributed by atoms with Crippen molar-refractivity contribution in [2.24, 2.45) is 0 Å². The van der Waals surface area contributed by atoms with Crippen molar-refractivity contribution in [3.8, 4) is 0 Å². The van der Waals surface area contributed by atoms with Crippen LogP contribution in [0.15, 0.2) is 18.2 Å². The van der Waals surface area contributed by atoms with Crippen LogP contribution in [0, 0.1) is 0 Å². The van der Waals surface area contributed by atoms with Crippen molar-refractivity contribution < 1.29 is 9.47 Å². The summed E-state index contributed by atoms with van der Waals surface area (Å²) in [5.74, 6) is 0.490. The molecule has 1 aromatic rings. The number of hydrogen-bond donors (Lipinski definition) is 0. The first-order chi connectivity index (χ1) is 10.1. The van der Waals surface area contributed by atoms with Gasteiger partial charge in [0.25, 0.3) is 0 Å². The van der Waals surface area contributed by atoms with Crippen molar-refractivity contribution in [2.45, 2.75) is 39.2 Å². The minimum atomic E-state index is 0. The Morgan fingerprint density at radius 3 is 2.45 bits per heavy atom. The van der Waals surface area contributed by atoms with Gasteiger partial charge in [-0.3, -0.25) is 9.88 Å². The summed E-state index contributed by atoms with van der Waals surface area (Å²) in [6.45, 7) is 8.91. The van der Waals surface area contributed by atoms with E-state index in [2.05, 4.69) is 49.0 Å². The molecule has 0 N–H and O–H groups in total. The molecule has 1 aliphatic rings. The van der Waals surface area contributed by atoms with Crippen LogP contribution in [-0.4, -0.2) is 50.4 Å². The molecule has 2 rings (SSSR count). The van der Waals surface area contributed by atoms with Crippen LogP contribution in [0.2, 0.25) is 0 Å².